The number of aryl methyl sites for hydroxylation is 2. The maximum Gasteiger partial charge on any atom is 0.335 e. The van der Waals surface area contributed by atoms with Gasteiger partial charge in [0.2, 0.25) is 0 Å². The van der Waals surface area contributed by atoms with Gasteiger partial charge < -0.3 is 25.2 Å². The molecule has 0 heterocycles. The van der Waals surface area contributed by atoms with Crippen molar-refractivity contribution in [3.8, 4) is 0 Å². The fourth-order valence-electron chi connectivity index (χ4n) is 1.98. The molecule has 160 valence electrons. The van der Waals surface area contributed by atoms with Crippen LogP contribution in [0.25, 0.3) is 0 Å². The van der Waals surface area contributed by atoms with Crippen LogP contribution in [0.5, 0.6) is 0 Å². The van der Waals surface area contributed by atoms with Crippen molar-refractivity contribution in [2.75, 3.05) is 13.2 Å². The highest BCUT2D eigenvalue weighted by molar-refractivity contribution is 5.89. The van der Waals surface area contributed by atoms with E-state index in [0.29, 0.717) is 17.7 Å². The third-order valence-electron chi connectivity index (χ3n) is 3.63. The zero-order valence-corrected chi connectivity index (χ0v) is 17.2. The highest BCUT2D eigenvalue weighted by atomic mass is 16.5. The van der Waals surface area contributed by atoms with Crippen LogP contribution in [0.2, 0.25) is 0 Å². The summed E-state index contributed by atoms with van der Waals surface area (Å²) >= 11 is 0. The van der Waals surface area contributed by atoms with Crippen LogP contribution in [0.4, 0.5) is 0 Å². The van der Waals surface area contributed by atoms with E-state index in [1.165, 1.54) is 0 Å². The molecule has 0 aliphatic heterocycles. The van der Waals surface area contributed by atoms with Crippen LogP contribution in [0.15, 0.2) is 48.5 Å². The van der Waals surface area contributed by atoms with Gasteiger partial charge in [0.25, 0.3) is 0 Å². The maximum atomic E-state index is 10.4. The van der Waals surface area contributed by atoms with Gasteiger partial charge in [0.05, 0.1) is 36.5 Å². The predicted molar refractivity (Wildman–Crippen MR) is 110 cm³/mol. The molecule has 2 unspecified atom stereocenters. The number of benzene rings is 2. The quantitative estimate of drug-likeness (QED) is 0.581. The lowest BCUT2D eigenvalue weighted by atomic mass is 10.1. The summed E-state index contributed by atoms with van der Waals surface area (Å²) in [5.74, 6) is -1.73. The Morgan fingerprint density at radius 3 is 1.48 bits per heavy atom. The standard InChI is InChI=1S/2C8H8O2.C6H14O3/c2*1-6-4-2-3-5-7(6)8(9)10;1-5(8)4-9-6(2)3-7/h2*2-5H,1H3,(H,9,10);5-8H,3-4H2,1-2H3. The van der Waals surface area contributed by atoms with Crippen molar-refractivity contribution < 1.29 is 34.8 Å². The van der Waals surface area contributed by atoms with E-state index in [9.17, 15) is 9.59 Å². The van der Waals surface area contributed by atoms with E-state index in [1.807, 2.05) is 12.1 Å². The van der Waals surface area contributed by atoms with Gasteiger partial charge in [-0.3, -0.25) is 0 Å². The Morgan fingerprint density at radius 1 is 0.862 bits per heavy atom. The highest BCUT2D eigenvalue weighted by Gasteiger charge is 2.04. The van der Waals surface area contributed by atoms with Gasteiger partial charge in [0.15, 0.2) is 0 Å². The maximum absolute atomic E-state index is 10.4. The molecule has 2 aromatic carbocycles. The molecule has 2 atom stereocenters. The Hall–Kier alpha value is -2.74. The van der Waals surface area contributed by atoms with Crippen molar-refractivity contribution in [3.05, 3.63) is 70.8 Å². The van der Waals surface area contributed by atoms with Gasteiger partial charge in [-0.15, -0.1) is 0 Å². The molecule has 0 aliphatic rings. The Labute approximate surface area is 171 Å². The third kappa shape index (κ3) is 11.6. The lowest BCUT2D eigenvalue weighted by Gasteiger charge is -2.10. The molecule has 29 heavy (non-hydrogen) atoms. The predicted octanol–water partition coefficient (Wildman–Crippen LogP) is 3.15. The molecule has 4 N–H and O–H groups in total. The summed E-state index contributed by atoms with van der Waals surface area (Å²) in [5, 5.41) is 34.3. The second-order valence-electron chi connectivity index (χ2n) is 6.42. The van der Waals surface area contributed by atoms with Crippen molar-refractivity contribution in [1.82, 2.24) is 0 Å². The van der Waals surface area contributed by atoms with E-state index in [0.717, 1.165) is 11.1 Å². The van der Waals surface area contributed by atoms with Crippen molar-refractivity contribution >= 4 is 11.9 Å². The first-order valence-electron chi connectivity index (χ1n) is 9.08. The molecule has 7 heteroatoms. The second kappa shape index (κ2) is 14.3. The lowest BCUT2D eigenvalue weighted by molar-refractivity contribution is -0.0177. The first kappa shape index (κ1) is 26.3. The summed E-state index contributed by atoms with van der Waals surface area (Å²) in [5.41, 5.74) is 2.36. The van der Waals surface area contributed by atoms with E-state index >= 15 is 0 Å². The number of hydrogen-bond acceptors (Lipinski definition) is 5. The average Bonchev–Trinajstić information content (AvgIpc) is 2.67. The molecular weight excluding hydrogens is 376 g/mol. The minimum Gasteiger partial charge on any atom is -0.478 e. The summed E-state index contributed by atoms with van der Waals surface area (Å²) in [6.07, 6.45) is -0.612. The third-order valence-corrected chi connectivity index (χ3v) is 3.63. The molecule has 0 saturated heterocycles. The summed E-state index contributed by atoms with van der Waals surface area (Å²) in [6.45, 7) is 7.26. The van der Waals surface area contributed by atoms with Gasteiger partial charge in [0, 0.05) is 0 Å². The number of rotatable bonds is 6. The van der Waals surface area contributed by atoms with E-state index in [4.69, 9.17) is 25.2 Å². The van der Waals surface area contributed by atoms with Crippen LogP contribution in [-0.4, -0.2) is 57.8 Å². The highest BCUT2D eigenvalue weighted by Crippen LogP contribution is 2.06. The molecule has 0 saturated carbocycles. The fraction of sp³-hybridized carbons (Fsp3) is 0.364. The topological polar surface area (TPSA) is 124 Å². The van der Waals surface area contributed by atoms with Crippen LogP contribution >= 0.6 is 0 Å². The first-order valence-corrected chi connectivity index (χ1v) is 9.08. The molecule has 0 spiro atoms. The smallest absolute Gasteiger partial charge is 0.335 e. The van der Waals surface area contributed by atoms with Gasteiger partial charge in [-0.1, -0.05) is 36.4 Å². The number of ether oxygens (including phenoxy) is 1. The number of carboxylic acids is 2. The summed E-state index contributed by atoms with van der Waals surface area (Å²) in [4.78, 5) is 20.8. The average molecular weight is 406 g/mol. The molecule has 0 bridgehead atoms. The largest absolute Gasteiger partial charge is 0.478 e. The SMILES string of the molecule is CC(O)COC(C)CO.Cc1ccccc1C(=O)O.Cc1ccccc1C(=O)O. The van der Waals surface area contributed by atoms with E-state index < -0.39 is 18.0 Å². The van der Waals surface area contributed by atoms with Crippen LogP contribution in [0, 0.1) is 13.8 Å². The summed E-state index contributed by atoms with van der Waals surface area (Å²) < 4.78 is 4.95. The molecule has 0 aromatic heterocycles. The fourth-order valence-corrected chi connectivity index (χ4v) is 1.98. The Balaban J connectivity index is 0.000000407. The molecule has 2 rings (SSSR count). The number of carbonyl (C=O) groups is 2. The Bertz CT molecular complexity index is 701. The van der Waals surface area contributed by atoms with Crippen molar-refractivity contribution in [1.29, 1.82) is 0 Å². The van der Waals surface area contributed by atoms with Crippen molar-refractivity contribution in [2.45, 2.75) is 39.9 Å². The van der Waals surface area contributed by atoms with E-state index in [-0.39, 0.29) is 12.7 Å². The minimum atomic E-state index is -0.863. The summed E-state index contributed by atoms with van der Waals surface area (Å²) in [6, 6.07) is 13.8. The van der Waals surface area contributed by atoms with E-state index in [1.54, 1.807) is 64.1 Å². The molecule has 0 aliphatic carbocycles. The van der Waals surface area contributed by atoms with Gasteiger partial charge in [0.1, 0.15) is 0 Å². The van der Waals surface area contributed by atoms with Crippen molar-refractivity contribution in [3.63, 3.8) is 0 Å². The zero-order valence-electron chi connectivity index (χ0n) is 17.2. The van der Waals surface area contributed by atoms with Gasteiger partial charge in [-0.2, -0.15) is 0 Å². The Morgan fingerprint density at radius 2 is 1.24 bits per heavy atom. The number of hydrogen-bond donors (Lipinski definition) is 4. The minimum absolute atomic E-state index is 0.00667. The lowest BCUT2D eigenvalue weighted by Crippen LogP contribution is -2.19. The van der Waals surface area contributed by atoms with Crippen molar-refractivity contribution in [2.24, 2.45) is 0 Å². The van der Waals surface area contributed by atoms with Crippen LogP contribution in [0.3, 0.4) is 0 Å². The normalized spacial score (nSPS) is 11.8. The van der Waals surface area contributed by atoms with Crippen LogP contribution in [0.1, 0.15) is 45.7 Å². The monoisotopic (exact) mass is 406 g/mol. The van der Waals surface area contributed by atoms with Gasteiger partial charge >= 0.3 is 11.9 Å². The Kier molecular flexibility index (Phi) is 12.9. The number of carboxylic acid groups (broad SMARTS) is 2. The number of aliphatic hydroxyl groups excluding tert-OH is 2. The van der Waals surface area contributed by atoms with E-state index in [2.05, 4.69) is 0 Å². The molecule has 2 aromatic rings. The number of aliphatic hydroxyl groups is 2. The van der Waals surface area contributed by atoms with Crippen LogP contribution < -0.4 is 0 Å². The second-order valence-corrected chi connectivity index (χ2v) is 6.42. The zero-order chi connectivity index (χ0) is 22.4. The van der Waals surface area contributed by atoms with Crippen LogP contribution in [-0.2, 0) is 4.74 Å². The number of aromatic carboxylic acids is 2. The molecule has 7 nitrogen and oxygen atoms in total. The molecule has 0 amide bonds. The summed E-state index contributed by atoms with van der Waals surface area (Å²) in [7, 11) is 0. The molecular formula is C22H30O7. The first-order chi connectivity index (χ1) is 13.6. The van der Waals surface area contributed by atoms with Gasteiger partial charge in [-0.05, 0) is 51.0 Å². The molecule has 0 fully saturated rings. The van der Waals surface area contributed by atoms with Gasteiger partial charge in [-0.25, -0.2) is 9.59 Å². The molecule has 0 radical (unpaired) electrons.